The van der Waals surface area contributed by atoms with Gasteiger partial charge < -0.3 is 9.64 Å². The van der Waals surface area contributed by atoms with Crippen molar-refractivity contribution in [3.05, 3.63) is 59.0 Å². The molecule has 1 atom stereocenters. The Morgan fingerprint density at radius 2 is 2.10 bits per heavy atom. The number of benzene rings is 1. The van der Waals surface area contributed by atoms with Crippen LogP contribution in [0.5, 0.6) is 5.75 Å². The number of likely N-dealkylation sites (tertiary alicyclic amines) is 1. The predicted octanol–water partition coefficient (Wildman–Crippen LogP) is 3.81. The Kier molecular flexibility index (Phi) is 4.13. The first-order chi connectivity index (χ1) is 10.2. The molecule has 1 heterocycles. The summed E-state index contributed by atoms with van der Waals surface area (Å²) in [5.41, 5.74) is 9.64. The normalized spacial score (nSPS) is 21.3. The number of hydrogen-bond donors (Lipinski definition) is 0. The van der Waals surface area contributed by atoms with Gasteiger partial charge in [0.1, 0.15) is 12.4 Å². The van der Waals surface area contributed by atoms with E-state index in [2.05, 4.69) is 48.5 Å². The number of allylic oxidation sites excluding steroid dienone is 4. The number of likely N-dealkylation sites (N-methyl/N-ethyl adjacent to an activating group) is 1. The van der Waals surface area contributed by atoms with Gasteiger partial charge in [0.05, 0.1) is 0 Å². The van der Waals surface area contributed by atoms with E-state index in [1.54, 1.807) is 0 Å². The van der Waals surface area contributed by atoms with Crippen LogP contribution in [-0.4, -0.2) is 31.1 Å². The molecule has 0 N–H and O–H groups in total. The first kappa shape index (κ1) is 14.0. The van der Waals surface area contributed by atoms with Crippen LogP contribution in [0.4, 0.5) is 0 Å². The molecule has 0 radical (unpaired) electrons. The molecule has 1 aliphatic carbocycles. The van der Waals surface area contributed by atoms with Crippen molar-refractivity contribution in [3.8, 4) is 5.75 Å². The van der Waals surface area contributed by atoms with Crippen LogP contribution in [0.2, 0.25) is 0 Å². The summed E-state index contributed by atoms with van der Waals surface area (Å²) in [5, 5.41) is 0. The predicted molar refractivity (Wildman–Crippen MR) is 86.3 cm³/mol. The molecule has 0 amide bonds. The van der Waals surface area contributed by atoms with Crippen LogP contribution >= 0.6 is 0 Å². The highest BCUT2D eigenvalue weighted by molar-refractivity contribution is 5.75. The summed E-state index contributed by atoms with van der Waals surface area (Å²) in [7, 11) is 2.17. The second-order valence-corrected chi connectivity index (χ2v) is 5.83. The maximum atomic E-state index is 5.92. The van der Waals surface area contributed by atoms with Gasteiger partial charge in [0, 0.05) is 11.6 Å². The van der Waals surface area contributed by atoms with Crippen LogP contribution in [-0.2, 0) is 0 Å². The highest BCUT2D eigenvalue weighted by Crippen LogP contribution is 2.22. The smallest absolute Gasteiger partial charge is 0.119 e. The Bertz CT molecular complexity index is 641. The Labute approximate surface area is 126 Å². The topological polar surface area (TPSA) is 12.5 Å². The van der Waals surface area contributed by atoms with Gasteiger partial charge in [-0.05, 0) is 68.8 Å². The molecular formula is C19H21NO. The van der Waals surface area contributed by atoms with Crippen molar-refractivity contribution in [2.75, 3.05) is 20.2 Å². The summed E-state index contributed by atoms with van der Waals surface area (Å²) in [6, 6.07) is 8.82. The van der Waals surface area contributed by atoms with E-state index in [9.17, 15) is 0 Å². The quantitative estimate of drug-likeness (QED) is 0.777. The average Bonchev–Trinajstić information content (AvgIpc) is 2.91. The number of nitrogens with zero attached hydrogens (tertiary/aromatic N) is 1. The van der Waals surface area contributed by atoms with Gasteiger partial charge in [-0.2, -0.15) is 0 Å². The standard InChI is InChI=1S/C19H21NO/c1-15-5-3-6-17(13-15)16-8-10-19(11-9-16)21-14-18-7-4-12-20(18)2/h5,8-11,13,18H,4,7,12,14H2,1-2H3. The Hall–Kier alpha value is -1.98. The van der Waals surface area contributed by atoms with Gasteiger partial charge in [0.15, 0.2) is 0 Å². The fourth-order valence-corrected chi connectivity index (χ4v) is 2.80. The molecule has 1 saturated heterocycles. The summed E-state index contributed by atoms with van der Waals surface area (Å²) < 4.78 is 5.92. The first-order valence-corrected chi connectivity index (χ1v) is 7.56. The molecule has 2 aliphatic rings. The minimum absolute atomic E-state index is 0.560. The van der Waals surface area contributed by atoms with Crippen LogP contribution in [0.3, 0.4) is 0 Å². The summed E-state index contributed by atoms with van der Waals surface area (Å²) >= 11 is 0. The monoisotopic (exact) mass is 279 g/mol. The molecule has 0 aromatic heterocycles. The van der Waals surface area contributed by atoms with Crippen LogP contribution in [0, 0.1) is 0 Å². The van der Waals surface area contributed by atoms with E-state index in [4.69, 9.17) is 4.74 Å². The fourth-order valence-electron chi connectivity index (χ4n) is 2.80. The SMILES string of the molecule is CC1=CC(c2ccc(OCC3CCCN3C)cc2)=C=C=C1. The minimum Gasteiger partial charge on any atom is -0.492 e. The van der Waals surface area contributed by atoms with Crippen molar-refractivity contribution in [1.29, 1.82) is 0 Å². The molecule has 108 valence electrons. The van der Waals surface area contributed by atoms with E-state index < -0.39 is 0 Å². The summed E-state index contributed by atoms with van der Waals surface area (Å²) in [5.74, 6) is 0.940. The number of ether oxygens (including phenoxy) is 1. The lowest BCUT2D eigenvalue weighted by Crippen LogP contribution is -2.30. The highest BCUT2D eigenvalue weighted by atomic mass is 16.5. The molecule has 2 heteroatoms. The molecule has 1 aromatic carbocycles. The third kappa shape index (κ3) is 3.37. The van der Waals surface area contributed by atoms with Crippen molar-refractivity contribution in [2.24, 2.45) is 0 Å². The number of rotatable bonds is 4. The molecule has 1 unspecified atom stereocenters. The second kappa shape index (κ2) is 6.20. The lowest BCUT2D eigenvalue weighted by atomic mass is 10.0. The van der Waals surface area contributed by atoms with E-state index in [-0.39, 0.29) is 0 Å². The minimum atomic E-state index is 0.560. The molecular weight excluding hydrogens is 258 g/mol. The van der Waals surface area contributed by atoms with Crippen molar-refractivity contribution >= 4 is 5.57 Å². The van der Waals surface area contributed by atoms with E-state index in [0.717, 1.165) is 23.5 Å². The third-order valence-corrected chi connectivity index (χ3v) is 4.16. The Morgan fingerprint density at radius 1 is 1.29 bits per heavy atom. The van der Waals surface area contributed by atoms with Gasteiger partial charge in [-0.3, -0.25) is 0 Å². The molecule has 0 bridgehead atoms. The molecule has 1 aliphatic heterocycles. The summed E-state index contributed by atoms with van der Waals surface area (Å²) in [6.45, 7) is 4.04. The summed E-state index contributed by atoms with van der Waals surface area (Å²) in [4.78, 5) is 2.38. The van der Waals surface area contributed by atoms with Crippen molar-refractivity contribution in [2.45, 2.75) is 25.8 Å². The first-order valence-electron chi connectivity index (χ1n) is 7.56. The van der Waals surface area contributed by atoms with Crippen LogP contribution in [0.25, 0.3) is 5.57 Å². The van der Waals surface area contributed by atoms with Crippen LogP contribution < -0.4 is 4.74 Å². The van der Waals surface area contributed by atoms with E-state index in [1.165, 1.54) is 25.0 Å². The zero-order chi connectivity index (χ0) is 14.7. The maximum Gasteiger partial charge on any atom is 0.119 e. The van der Waals surface area contributed by atoms with Crippen LogP contribution in [0.15, 0.2) is 53.5 Å². The van der Waals surface area contributed by atoms with Gasteiger partial charge in [-0.1, -0.05) is 23.6 Å². The average molecular weight is 279 g/mol. The molecule has 2 nitrogen and oxygen atoms in total. The largest absolute Gasteiger partial charge is 0.492 e. The zero-order valence-corrected chi connectivity index (χ0v) is 12.7. The van der Waals surface area contributed by atoms with Gasteiger partial charge in [0.2, 0.25) is 0 Å². The van der Waals surface area contributed by atoms with E-state index in [0.29, 0.717) is 6.04 Å². The fraction of sp³-hybridized carbons (Fsp3) is 0.368. The van der Waals surface area contributed by atoms with Crippen molar-refractivity contribution in [1.82, 2.24) is 4.90 Å². The lowest BCUT2D eigenvalue weighted by molar-refractivity contribution is 0.198. The molecule has 0 saturated carbocycles. The second-order valence-electron chi connectivity index (χ2n) is 5.83. The zero-order valence-electron chi connectivity index (χ0n) is 12.7. The molecule has 1 aromatic rings. The van der Waals surface area contributed by atoms with Gasteiger partial charge in [0.25, 0.3) is 0 Å². The molecule has 0 spiro atoms. The third-order valence-electron chi connectivity index (χ3n) is 4.16. The molecule has 3 rings (SSSR count). The van der Waals surface area contributed by atoms with E-state index >= 15 is 0 Å². The van der Waals surface area contributed by atoms with Crippen molar-refractivity contribution < 1.29 is 4.74 Å². The maximum absolute atomic E-state index is 5.92. The van der Waals surface area contributed by atoms with E-state index in [1.807, 2.05) is 18.2 Å². The molecule has 21 heavy (non-hydrogen) atoms. The van der Waals surface area contributed by atoms with Crippen molar-refractivity contribution in [3.63, 3.8) is 0 Å². The number of hydrogen-bond acceptors (Lipinski definition) is 2. The van der Waals surface area contributed by atoms with Crippen LogP contribution in [0.1, 0.15) is 25.3 Å². The van der Waals surface area contributed by atoms with Gasteiger partial charge >= 0.3 is 0 Å². The highest BCUT2D eigenvalue weighted by Gasteiger charge is 2.21. The Balaban J connectivity index is 1.65. The van der Waals surface area contributed by atoms with Gasteiger partial charge in [-0.25, -0.2) is 0 Å². The van der Waals surface area contributed by atoms with Gasteiger partial charge in [-0.15, -0.1) is 0 Å². The lowest BCUT2D eigenvalue weighted by Gasteiger charge is -2.19. The Morgan fingerprint density at radius 3 is 2.76 bits per heavy atom. The summed E-state index contributed by atoms with van der Waals surface area (Å²) in [6.07, 6.45) is 6.59. The molecule has 1 fully saturated rings.